The first-order chi connectivity index (χ1) is 14.5. The average Bonchev–Trinajstić information content (AvgIpc) is 3.01. The molecule has 1 atom stereocenters. The van der Waals surface area contributed by atoms with Crippen LogP contribution in [0.5, 0.6) is 0 Å². The lowest BCUT2D eigenvalue weighted by Crippen LogP contribution is -2.56. The SMILES string of the molecule is Nc1nccc(Sc2cnc(C3(N)c4ccccc4CC34CCNCC4)nn2)c1Cl. The lowest BCUT2D eigenvalue weighted by Gasteiger charge is -2.45. The smallest absolute Gasteiger partial charge is 0.176 e. The van der Waals surface area contributed by atoms with Crippen molar-refractivity contribution in [1.29, 1.82) is 0 Å². The molecule has 1 aromatic carbocycles. The van der Waals surface area contributed by atoms with Crippen molar-refractivity contribution in [2.45, 2.75) is 34.7 Å². The van der Waals surface area contributed by atoms with Crippen molar-refractivity contribution in [3.63, 3.8) is 0 Å². The molecule has 1 saturated heterocycles. The zero-order valence-electron chi connectivity index (χ0n) is 16.3. The fourth-order valence-electron chi connectivity index (χ4n) is 4.81. The Balaban J connectivity index is 1.52. The number of nitrogen functional groups attached to an aromatic ring is 1. The molecule has 0 amide bonds. The van der Waals surface area contributed by atoms with Gasteiger partial charge in [-0.05, 0) is 49.5 Å². The van der Waals surface area contributed by atoms with Crippen molar-refractivity contribution in [2.24, 2.45) is 11.1 Å². The first-order valence-electron chi connectivity index (χ1n) is 9.89. The van der Waals surface area contributed by atoms with Crippen LogP contribution in [0.25, 0.3) is 0 Å². The number of benzene rings is 1. The molecule has 9 heteroatoms. The van der Waals surface area contributed by atoms with E-state index in [9.17, 15) is 0 Å². The standard InChI is InChI=1S/C21H22ClN7S/c22-17-15(5-8-26-18(17)23)30-16-12-27-19(29-28-16)21(24)14-4-2-1-3-13(14)11-20(21)6-9-25-10-7-20/h1-5,8,12,25H,6-7,9-11,24H2,(H2,23,26). The van der Waals surface area contributed by atoms with Crippen molar-refractivity contribution < 1.29 is 0 Å². The molecular weight excluding hydrogens is 418 g/mol. The maximum atomic E-state index is 7.20. The third-order valence-corrected chi connectivity index (χ3v) is 7.82. The number of rotatable bonds is 3. The molecule has 0 radical (unpaired) electrons. The summed E-state index contributed by atoms with van der Waals surface area (Å²) in [7, 11) is 0. The second-order valence-electron chi connectivity index (χ2n) is 7.90. The normalized spacial score (nSPS) is 22.2. The zero-order chi connectivity index (χ0) is 20.8. The van der Waals surface area contributed by atoms with Crippen LogP contribution in [0.1, 0.15) is 29.8 Å². The Morgan fingerprint density at radius 2 is 1.87 bits per heavy atom. The highest BCUT2D eigenvalue weighted by atomic mass is 35.5. The van der Waals surface area contributed by atoms with Crippen LogP contribution in [0.15, 0.2) is 52.6 Å². The number of piperidine rings is 1. The number of fused-ring (bicyclic) bond motifs is 1. The summed E-state index contributed by atoms with van der Waals surface area (Å²) in [5.74, 6) is 0.856. The second kappa shape index (κ2) is 7.46. The fourth-order valence-corrected chi connectivity index (χ4v) is 5.77. The number of aromatic nitrogens is 4. The summed E-state index contributed by atoms with van der Waals surface area (Å²) in [5, 5.41) is 13.4. The van der Waals surface area contributed by atoms with Gasteiger partial charge in [0.2, 0.25) is 0 Å². The van der Waals surface area contributed by atoms with Crippen LogP contribution < -0.4 is 16.8 Å². The van der Waals surface area contributed by atoms with E-state index in [0.717, 1.165) is 42.8 Å². The molecule has 1 unspecified atom stereocenters. The van der Waals surface area contributed by atoms with Crippen molar-refractivity contribution in [3.05, 3.63) is 64.7 Å². The highest BCUT2D eigenvalue weighted by Crippen LogP contribution is 2.55. The predicted molar refractivity (Wildman–Crippen MR) is 117 cm³/mol. The number of hydrogen-bond acceptors (Lipinski definition) is 8. The number of nitrogens with one attached hydrogen (secondary N) is 1. The highest BCUT2D eigenvalue weighted by Gasteiger charge is 2.58. The molecule has 1 spiro atoms. The Labute approximate surface area is 184 Å². The third-order valence-electron chi connectivity index (χ3n) is 6.36. The first kappa shape index (κ1) is 19.7. The summed E-state index contributed by atoms with van der Waals surface area (Å²) in [6, 6.07) is 10.2. The van der Waals surface area contributed by atoms with Gasteiger partial charge in [0.05, 0.1) is 11.2 Å². The Kier molecular flexibility index (Phi) is 4.89. The first-order valence-corrected chi connectivity index (χ1v) is 11.1. The molecule has 2 aliphatic rings. The van der Waals surface area contributed by atoms with Gasteiger partial charge >= 0.3 is 0 Å². The predicted octanol–water partition coefficient (Wildman–Crippen LogP) is 2.78. The lowest BCUT2D eigenvalue weighted by atomic mass is 9.64. The molecule has 5 N–H and O–H groups in total. The third kappa shape index (κ3) is 2.98. The van der Waals surface area contributed by atoms with Gasteiger partial charge in [-0.2, -0.15) is 0 Å². The van der Waals surface area contributed by atoms with E-state index in [1.54, 1.807) is 18.5 Å². The van der Waals surface area contributed by atoms with Gasteiger partial charge in [-0.15, -0.1) is 10.2 Å². The Morgan fingerprint density at radius 1 is 1.07 bits per heavy atom. The molecule has 5 rings (SSSR count). The summed E-state index contributed by atoms with van der Waals surface area (Å²) < 4.78 is 0. The molecule has 1 fully saturated rings. The molecular formula is C21H22ClN7S. The summed E-state index contributed by atoms with van der Waals surface area (Å²) in [4.78, 5) is 9.45. The highest BCUT2D eigenvalue weighted by molar-refractivity contribution is 7.99. The number of pyridine rings is 1. The minimum atomic E-state index is -0.763. The molecule has 7 nitrogen and oxygen atoms in total. The van der Waals surface area contributed by atoms with E-state index < -0.39 is 5.54 Å². The van der Waals surface area contributed by atoms with Crippen molar-refractivity contribution >= 4 is 29.2 Å². The summed E-state index contributed by atoms with van der Waals surface area (Å²) in [6.07, 6.45) is 6.22. The van der Waals surface area contributed by atoms with Gasteiger partial charge in [-0.3, -0.25) is 0 Å². The summed E-state index contributed by atoms with van der Waals surface area (Å²) in [5.41, 5.74) is 14.5. The average molecular weight is 440 g/mol. The van der Waals surface area contributed by atoms with Crippen LogP contribution in [0, 0.1) is 5.41 Å². The molecule has 0 bridgehead atoms. The Bertz CT molecular complexity index is 1080. The van der Waals surface area contributed by atoms with E-state index >= 15 is 0 Å². The molecule has 154 valence electrons. The topological polar surface area (TPSA) is 116 Å². The van der Waals surface area contributed by atoms with Gasteiger partial charge < -0.3 is 16.8 Å². The quantitative estimate of drug-likeness (QED) is 0.570. The van der Waals surface area contributed by atoms with Gasteiger partial charge in [0.1, 0.15) is 16.4 Å². The molecule has 3 aromatic rings. The number of nitrogens with zero attached hydrogens (tertiary/aromatic N) is 4. The summed E-state index contributed by atoms with van der Waals surface area (Å²) in [6.45, 7) is 1.88. The van der Waals surface area contributed by atoms with Gasteiger partial charge in [0.15, 0.2) is 5.82 Å². The van der Waals surface area contributed by atoms with E-state index in [1.165, 1.54) is 17.3 Å². The monoisotopic (exact) mass is 439 g/mol. The lowest BCUT2D eigenvalue weighted by molar-refractivity contribution is 0.113. The number of halogens is 1. The number of hydrogen-bond donors (Lipinski definition) is 3. The van der Waals surface area contributed by atoms with Crippen molar-refractivity contribution in [3.8, 4) is 0 Å². The number of nitrogens with two attached hydrogens (primary N) is 2. The molecule has 3 heterocycles. The minimum absolute atomic E-state index is 0.110. The van der Waals surface area contributed by atoms with Gasteiger partial charge in [0, 0.05) is 16.5 Å². The fraction of sp³-hybridized carbons (Fsp3) is 0.333. The molecule has 0 saturated carbocycles. The largest absolute Gasteiger partial charge is 0.382 e. The molecule has 2 aromatic heterocycles. The van der Waals surface area contributed by atoms with E-state index in [1.807, 2.05) is 6.07 Å². The van der Waals surface area contributed by atoms with Gasteiger partial charge in [0.25, 0.3) is 0 Å². The van der Waals surface area contributed by atoms with Crippen molar-refractivity contribution in [2.75, 3.05) is 18.8 Å². The maximum Gasteiger partial charge on any atom is 0.176 e. The Morgan fingerprint density at radius 3 is 2.63 bits per heavy atom. The van der Waals surface area contributed by atoms with Gasteiger partial charge in [-0.1, -0.05) is 47.6 Å². The van der Waals surface area contributed by atoms with Crippen LogP contribution in [0.2, 0.25) is 5.02 Å². The maximum absolute atomic E-state index is 7.20. The molecule has 1 aliphatic carbocycles. The van der Waals surface area contributed by atoms with Crippen molar-refractivity contribution in [1.82, 2.24) is 25.5 Å². The van der Waals surface area contributed by atoms with Gasteiger partial charge in [-0.25, -0.2) is 9.97 Å². The van der Waals surface area contributed by atoms with Crippen LogP contribution in [0.4, 0.5) is 5.82 Å². The summed E-state index contributed by atoms with van der Waals surface area (Å²) >= 11 is 7.60. The van der Waals surface area contributed by atoms with Crippen LogP contribution in [-0.2, 0) is 12.0 Å². The van der Waals surface area contributed by atoms with E-state index in [4.69, 9.17) is 28.1 Å². The molecule has 30 heavy (non-hydrogen) atoms. The second-order valence-corrected chi connectivity index (χ2v) is 9.34. The minimum Gasteiger partial charge on any atom is -0.382 e. The van der Waals surface area contributed by atoms with Crippen LogP contribution in [-0.4, -0.2) is 33.3 Å². The zero-order valence-corrected chi connectivity index (χ0v) is 17.9. The number of anilines is 1. The molecule has 1 aliphatic heterocycles. The van der Waals surface area contributed by atoms with Crippen LogP contribution >= 0.6 is 23.4 Å². The van der Waals surface area contributed by atoms with Crippen LogP contribution in [0.3, 0.4) is 0 Å². The Hall–Kier alpha value is -2.26. The van der Waals surface area contributed by atoms with E-state index in [2.05, 4.69) is 38.7 Å². The van der Waals surface area contributed by atoms with E-state index in [0.29, 0.717) is 15.9 Å². The van der Waals surface area contributed by atoms with E-state index in [-0.39, 0.29) is 11.2 Å².